The summed E-state index contributed by atoms with van der Waals surface area (Å²) in [5, 5.41) is 11.6. The molecule has 0 saturated heterocycles. The average molecular weight is 305 g/mol. The highest BCUT2D eigenvalue weighted by Gasteiger charge is 2.18. The molecule has 0 radical (unpaired) electrons. The highest BCUT2D eigenvalue weighted by atomic mass is 16.5. The first-order chi connectivity index (χ1) is 10.6. The quantitative estimate of drug-likeness (QED) is 0.688. The van der Waals surface area contributed by atoms with E-state index in [0.717, 1.165) is 17.7 Å². The first-order valence-corrected chi connectivity index (χ1v) is 7.41. The first kappa shape index (κ1) is 17.8. The number of ether oxygens (including phenoxy) is 1. The standard InChI is InChI=1S/C17H23NO4/c1-3-5-9-15(17(20)21)18-16(19)12-13-7-6-8-14(11-13)22-10-4-2/h3,5-8,11,15H,4,9-10,12H2,1-2H3,(H,18,19)(H,20,21)/b5-3+. The average Bonchev–Trinajstić information content (AvgIpc) is 2.49. The molecule has 1 aromatic rings. The lowest BCUT2D eigenvalue weighted by atomic mass is 10.1. The van der Waals surface area contributed by atoms with Crippen LogP contribution in [0.4, 0.5) is 0 Å². The second kappa shape index (κ2) is 9.60. The fraction of sp³-hybridized carbons (Fsp3) is 0.412. The van der Waals surface area contributed by atoms with Crippen molar-refractivity contribution in [3.63, 3.8) is 0 Å². The molecule has 120 valence electrons. The maximum atomic E-state index is 12.0. The molecule has 1 aromatic carbocycles. The van der Waals surface area contributed by atoms with Gasteiger partial charge in [0.05, 0.1) is 13.0 Å². The van der Waals surface area contributed by atoms with Gasteiger partial charge in [-0.2, -0.15) is 0 Å². The molecule has 1 atom stereocenters. The van der Waals surface area contributed by atoms with Gasteiger partial charge in [0.25, 0.3) is 0 Å². The van der Waals surface area contributed by atoms with E-state index in [4.69, 9.17) is 9.84 Å². The number of carboxylic acids is 1. The van der Waals surface area contributed by atoms with Crippen molar-refractivity contribution < 1.29 is 19.4 Å². The van der Waals surface area contributed by atoms with Crippen molar-refractivity contribution in [1.29, 1.82) is 0 Å². The van der Waals surface area contributed by atoms with Gasteiger partial charge in [-0.3, -0.25) is 4.79 Å². The number of nitrogens with one attached hydrogen (secondary N) is 1. The number of aliphatic carboxylic acids is 1. The second-order valence-corrected chi connectivity index (χ2v) is 4.94. The van der Waals surface area contributed by atoms with Crippen LogP contribution in [0.3, 0.4) is 0 Å². The monoisotopic (exact) mass is 305 g/mol. The summed E-state index contributed by atoms with van der Waals surface area (Å²) in [5.74, 6) is -0.633. The van der Waals surface area contributed by atoms with Gasteiger partial charge in [0.15, 0.2) is 0 Å². The molecule has 1 unspecified atom stereocenters. The molecule has 0 aliphatic carbocycles. The van der Waals surface area contributed by atoms with E-state index in [9.17, 15) is 9.59 Å². The number of carboxylic acid groups (broad SMARTS) is 1. The molecule has 1 amide bonds. The number of benzene rings is 1. The number of hydrogen-bond donors (Lipinski definition) is 2. The Morgan fingerprint density at radius 2 is 2.18 bits per heavy atom. The van der Waals surface area contributed by atoms with E-state index in [1.165, 1.54) is 0 Å². The van der Waals surface area contributed by atoms with Crippen molar-refractivity contribution >= 4 is 11.9 Å². The molecule has 22 heavy (non-hydrogen) atoms. The van der Waals surface area contributed by atoms with E-state index >= 15 is 0 Å². The van der Waals surface area contributed by atoms with Gasteiger partial charge in [0.2, 0.25) is 5.91 Å². The van der Waals surface area contributed by atoms with Crippen LogP contribution in [0.5, 0.6) is 5.75 Å². The molecule has 0 aliphatic rings. The minimum atomic E-state index is -1.04. The Kier molecular flexibility index (Phi) is 7.75. The molecule has 1 rings (SSSR count). The summed E-state index contributed by atoms with van der Waals surface area (Å²) < 4.78 is 5.51. The van der Waals surface area contributed by atoms with Crippen molar-refractivity contribution in [3.05, 3.63) is 42.0 Å². The van der Waals surface area contributed by atoms with Crippen molar-refractivity contribution in [1.82, 2.24) is 5.32 Å². The summed E-state index contributed by atoms with van der Waals surface area (Å²) in [5.41, 5.74) is 0.793. The Morgan fingerprint density at radius 3 is 2.82 bits per heavy atom. The third kappa shape index (κ3) is 6.43. The third-order valence-electron chi connectivity index (χ3n) is 2.98. The molecule has 0 bridgehead atoms. The van der Waals surface area contributed by atoms with Crippen LogP contribution < -0.4 is 10.1 Å². The largest absolute Gasteiger partial charge is 0.494 e. The topological polar surface area (TPSA) is 75.6 Å². The zero-order valence-electron chi connectivity index (χ0n) is 13.0. The van der Waals surface area contributed by atoms with Gasteiger partial charge in [-0.25, -0.2) is 4.79 Å². The van der Waals surface area contributed by atoms with Gasteiger partial charge in [0, 0.05) is 0 Å². The normalized spacial score (nSPS) is 12.1. The van der Waals surface area contributed by atoms with Gasteiger partial charge in [-0.1, -0.05) is 31.2 Å². The Labute approximate surface area is 131 Å². The van der Waals surface area contributed by atoms with Gasteiger partial charge in [-0.15, -0.1) is 0 Å². The van der Waals surface area contributed by atoms with Crippen molar-refractivity contribution in [2.24, 2.45) is 0 Å². The molecule has 2 N–H and O–H groups in total. The van der Waals surface area contributed by atoms with Gasteiger partial charge in [-0.05, 0) is 37.5 Å². The lowest BCUT2D eigenvalue weighted by Gasteiger charge is -2.13. The maximum Gasteiger partial charge on any atom is 0.326 e. The summed E-state index contributed by atoms with van der Waals surface area (Å²) in [4.78, 5) is 23.1. The molecule has 0 heterocycles. The zero-order chi connectivity index (χ0) is 16.4. The van der Waals surface area contributed by atoms with Crippen LogP contribution in [0.2, 0.25) is 0 Å². The van der Waals surface area contributed by atoms with Crippen LogP contribution in [0.15, 0.2) is 36.4 Å². The van der Waals surface area contributed by atoms with Crippen LogP contribution in [-0.2, 0) is 16.0 Å². The first-order valence-electron chi connectivity index (χ1n) is 7.41. The van der Waals surface area contributed by atoms with Crippen LogP contribution in [0.25, 0.3) is 0 Å². The molecule has 0 fully saturated rings. The van der Waals surface area contributed by atoms with Crippen molar-refractivity contribution in [3.8, 4) is 5.75 Å². The third-order valence-corrected chi connectivity index (χ3v) is 2.98. The Bertz CT molecular complexity index is 525. The second-order valence-electron chi connectivity index (χ2n) is 4.94. The maximum absolute atomic E-state index is 12.0. The summed E-state index contributed by atoms with van der Waals surface area (Å²) in [6, 6.07) is 6.38. The number of carbonyl (C=O) groups excluding carboxylic acids is 1. The van der Waals surface area contributed by atoms with Crippen molar-refractivity contribution in [2.45, 2.75) is 39.2 Å². The molecule has 0 saturated carbocycles. The van der Waals surface area contributed by atoms with E-state index in [1.807, 2.05) is 32.0 Å². The minimum absolute atomic E-state index is 0.128. The summed E-state index contributed by atoms with van der Waals surface area (Å²) in [6.45, 7) is 4.46. The summed E-state index contributed by atoms with van der Waals surface area (Å²) in [7, 11) is 0. The highest BCUT2D eigenvalue weighted by molar-refractivity contribution is 5.85. The van der Waals surface area contributed by atoms with Crippen LogP contribution in [-0.4, -0.2) is 29.6 Å². The molecule has 0 spiro atoms. The van der Waals surface area contributed by atoms with E-state index in [0.29, 0.717) is 6.61 Å². The highest BCUT2D eigenvalue weighted by Crippen LogP contribution is 2.14. The smallest absolute Gasteiger partial charge is 0.326 e. The molecular weight excluding hydrogens is 282 g/mol. The summed E-state index contributed by atoms with van der Waals surface area (Å²) >= 11 is 0. The Morgan fingerprint density at radius 1 is 1.41 bits per heavy atom. The van der Waals surface area contributed by atoms with Crippen LogP contribution in [0.1, 0.15) is 32.3 Å². The molecule has 0 aliphatic heterocycles. The SMILES string of the molecule is C/C=C/CC(NC(=O)Cc1cccc(OCCC)c1)C(=O)O. The van der Waals surface area contributed by atoms with E-state index in [1.54, 1.807) is 18.2 Å². The summed E-state index contributed by atoms with van der Waals surface area (Å²) in [6.07, 6.45) is 4.80. The predicted octanol–water partition coefficient (Wildman–Crippen LogP) is 2.55. The Hall–Kier alpha value is -2.30. The van der Waals surface area contributed by atoms with Crippen LogP contribution in [0, 0.1) is 0 Å². The lowest BCUT2D eigenvalue weighted by Crippen LogP contribution is -2.41. The number of allylic oxidation sites excluding steroid dienone is 1. The fourth-order valence-corrected chi connectivity index (χ4v) is 1.89. The number of rotatable bonds is 9. The minimum Gasteiger partial charge on any atom is -0.494 e. The van der Waals surface area contributed by atoms with Gasteiger partial charge < -0.3 is 15.2 Å². The Balaban J connectivity index is 2.61. The van der Waals surface area contributed by atoms with E-state index in [-0.39, 0.29) is 18.7 Å². The van der Waals surface area contributed by atoms with Gasteiger partial charge in [0.1, 0.15) is 11.8 Å². The fourth-order valence-electron chi connectivity index (χ4n) is 1.89. The van der Waals surface area contributed by atoms with E-state index < -0.39 is 12.0 Å². The number of carbonyl (C=O) groups is 2. The zero-order valence-corrected chi connectivity index (χ0v) is 13.0. The number of amides is 1. The molecular formula is C17H23NO4. The lowest BCUT2D eigenvalue weighted by molar-refractivity contribution is -0.141. The predicted molar refractivity (Wildman–Crippen MR) is 84.9 cm³/mol. The van der Waals surface area contributed by atoms with E-state index in [2.05, 4.69) is 5.32 Å². The molecule has 5 heteroatoms. The van der Waals surface area contributed by atoms with Crippen LogP contribution >= 0.6 is 0 Å². The van der Waals surface area contributed by atoms with Gasteiger partial charge >= 0.3 is 5.97 Å². The molecule has 0 aromatic heterocycles. The molecule has 5 nitrogen and oxygen atoms in total. The van der Waals surface area contributed by atoms with Crippen molar-refractivity contribution in [2.75, 3.05) is 6.61 Å². The number of hydrogen-bond acceptors (Lipinski definition) is 3.